The van der Waals surface area contributed by atoms with Gasteiger partial charge in [0.2, 0.25) is 11.7 Å². The molecule has 0 radical (unpaired) electrons. The summed E-state index contributed by atoms with van der Waals surface area (Å²) in [6.45, 7) is 1.72. The number of hydrogen-bond acceptors (Lipinski definition) is 5. The van der Waals surface area contributed by atoms with Gasteiger partial charge in [0.05, 0.1) is 0 Å². The maximum atomic E-state index is 12.5. The molecule has 0 spiro atoms. The van der Waals surface area contributed by atoms with Crippen LogP contribution in [0, 0.1) is 0 Å². The number of benzene rings is 2. The molecule has 144 valence electrons. The molecule has 1 aromatic heterocycles. The lowest BCUT2D eigenvalue weighted by Crippen LogP contribution is -2.30. The number of aromatic nitrogens is 2. The van der Waals surface area contributed by atoms with Crippen LogP contribution in [0.15, 0.2) is 59.1 Å². The third-order valence-electron chi connectivity index (χ3n) is 4.96. The average molecular weight is 377 g/mol. The Morgan fingerprint density at radius 1 is 1.14 bits per heavy atom. The molecule has 1 saturated carbocycles. The smallest absolute Gasteiger partial charge is 0.265 e. The molecule has 0 saturated heterocycles. The van der Waals surface area contributed by atoms with Gasteiger partial charge < -0.3 is 14.6 Å². The SMILES string of the molecule is C[C@@H](Oc1ccccc1)C(=O)Nc1cccc(-c2noc(C3CCCC3)n2)c1. The predicted molar refractivity (Wildman–Crippen MR) is 106 cm³/mol. The Morgan fingerprint density at radius 3 is 2.71 bits per heavy atom. The summed E-state index contributed by atoms with van der Waals surface area (Å²) in [6, 6.07) is 16.7. The van der Waals surface area contributed by atoms with Crippen LogP contribution in [0.5, 0.6) is 5.75 Å². The van der Waals surface area contributed by atoms with Crippen molar-refractivity contribution in [2.24, 2.45) is 0 Å². The minimum Gasteiger partial charge on any atom is -0.481 e. The maximum absolute atomic E-state index is 12.5. The van der Waals surface area contributed by atoms with E-state index in [1.165, 1.54) is 12.8 Å². The van der Waals surface area contributed by atoms with E-state index in [0.29, 0.717) is 29.1 Å². The van der Waals surface area contributed by atoms with Crippen molar-refractivity contribution < 1.29 is 14.1 Å². The third kappa shape index (κ3) is 4.22. The number of carbonyl (C=O) groups excluding carboxylic acids is 1. The molecule has 2 aromatic carbocycles. The monoisotopic (exact) mass is 377 g/mol. The van der Waals surface area contributed by atoms with Crippen molar-refractivity contribution >= 4 is 11.6 Å². The Morgan fingerprint density at radius 2 is 1.93 bits per heavy atom. The van der Waals surface area contributed by atoms with Gasteiger partial charge >= 0.3 is 0 Å². The van der Waals surface area contributed by atoms with E-state index >= 15 is 0 Å². The summed E-state index contributed by atoms with van der Waals surface area (Å²) in [4.78, 5) is 17.0. The first kappa shape index (κ1) is 18.2. The predicted octanol–water partition coefficient (Wildman–Crippen LogP) is 4.80. The standard InChI is InChI=1S/C22H23N3O3/c1-15(27-19-12-3-2-4-13-19)21(26)23-18-11-7-10-17(14-18)20-24-22(28-25-20)16-8-5-6-9-16/h2-4,7,10-16H,5-6,8-9H2,1H3,(H,23,26)/t15-/m1/s1. The number of anilines is 1. The number of para-hydroxylation sites is 1. The van der Waals surface area contributed by atoms with Crippen LogP contribution in [-0.2, 0) is 4.79 Å². The van der Waals surface area contributed by atoms with Crippen LogP contribution in [0.2, 0.25) is 0 Å². The van der Waals surface area contributed by atoms with Gasteiger partial charge in [0.15, 0.2) is 6.10 Å². The van der Waals surface area contributed by atoms with Crippen molar-refractivity contribution in [2.45, 2.75) is 44.6 Å². The molecule has 0 bridgehead atoms. The Labute approximate surface area is 163 Å². The van der Waals surface area contributed by atoms with Gasteiger partial charge in [0, 0.05) is 17.2 Å². The van der Waals surface area contributed by atoms with Crippen LogP contribution < -0.4 is 10.1 Å². The van der Waals surface area contributed by atoms with Gasteiger partial charge in [0.25, 0.3) is 5.91 Å². The number of ether oxygens (including phenoxy) is 1. The molecule has 1 aliphatic rings. The first-order valence-corrected chi connectivity index (χ1v) is 9.65. The summed E-state index contributed by atoms with van der Waals surface area (Å²) in [5, 5.41) is 7.00. The fraction of sp³-hybridized carbons (Fsp3) is 0.318. The Bertz CT molecular complexity index is 933. The van der Waals surface area contributed by atoms with E-state index in [0.717, 1.165) is 18.4 Å². The number of nitrogens with zero attached hydrogens (tertiary/aromatic N) is 2. The molecule has 3 aromatic rings. The molecule has 0 aliphatic heterocycles. The van der Waals surface area contributed by atoms with Crippen molar-refractivity contribution in [1.82, 2.24) is 10.1 Å². The zero-order valence-corrected chi connectivity index (χ0v) is 15.8. The largest absolute Gasteiger partial charge is 0.481 e. The van der Waals surface area contributed by atoms with E-state index in [9.17, 15) is 4.79 Å². The van der Waals surface area contributed by atoms with Crippen molar-refractivity contribution in [3.8, 4) is 17.1 Å². The van der Waals surface area contributed by atoms with E-state index in [4.69, 9.17) is 9.26 Å². The lowest BCUT2D eigenvalue weighted by atomic mass is 10.1. The minimum atomic E-state index is -0.620. The molecule has 4 rings (SSSR count). The fourth-order valence-corrected chi connectivity index (χ4v) is 3.43. The molecule has 1 atom stereocenters. The van der Waals surface area contributed by atoms with Crippen molar-refractivity contribution in [2.75, 3.05) is 5.32 Å². The topological polar surface area (TPSA) is 77.2 Å². The Kier molecular flexibility index (Phi) is 5.37. The summed E-state index contributed by atoms with van der Waals surface area (Å²) < 4.78 is 11.1. The zero-order valence-electron chi connectivity index (χ0n) is 15.8. The quantitative estimate of drug-likeness (QED) is 0.668. The lowest BCUT2D eigenvalue weighted by molar-refractivity contribution is -0.122. The summed E-state index contributed by atoms with van der Waals surface area (Å²) in [6.07, 6.45) is 4.03. The summed E-state index contributed by atoms with van der Waals surface area (Å²) in [5.41, 5.74) is 1.47. The Hall–Kier alpha value is -3.15. The molecule has 1 aliphatic carbocycles. The second-order valence-electron chi connectivity index (χ2n) is 7.08. The van der Waals surface area contributed by atoms with E-state index in [2.05, 4.69) is 15.5 Å². The second-order valence-corrected chi connectivity index (χ2v) is 7.08. The van der Waals surface area contributed by atoms with Gasteiger partial charge in [-0.15, -0.1) is 0 Å². The second kappa shape index (κ2) is 8.25. The number of hydrogen-bond donors (Lipinski definition) is 1. The van der Waals surface area contributed by atoms with Gasteiger partial charge in [-0.2, -0.15) is 4.98 Å². The van der Waals surface area contributed by atoms with Crippen LogP contribution in [0.1, 0.15) is 44.4 Å². The van der Waals surface area contributed by atoms with Crippen molar-refractivity contribution in [3.63, 3.8) is 0 Å². The summed E-state index contributed by atoms with van der Waals surface area (Å²) in [5.74, 6) is 2.07. The van der Waals surface area contributed by atoms with E-state index in [1.54, 1.807) is 6.92 Å². The molecule has 6 nitrogen and oxygen atoms in total. The summed E-state index contributed by atoms with van der Waals surface area (Å²) >= 11 is 0. The molecule has 0 unspecified atom stereocenters. The highest BCUT2D eigenvalue weighted by atomic mass is 16.5. The van der Waals surface area contributed by atoms with Crippen molar-refractivity contribution in [1.29, 1.82) is 0 Å². The first-order chi connectivity index (χ1) is 13.7. The molecule has 6 heteroatoms. The number of rotatable bonds is 6. The molecule has 28 heavy (non-hydrogen) atoms. The lowest BCUT2D eigenvalue weighted by Gasteiger charge is -2.14. The molecule has 1 fully saturated rings. The highest BCUT2D eigenvalue weighted by Gasteiger charge is 2.23. The first-order valence-electron chi connectivity index (χ1n) is 9.65. The van der Waals surface area contributed by atoms with Crippen LogP contribution in [-0.4, -0.2) is 22.2 Å². The minimum absolute atomic E-state index is 0.222. The molecule has 1 N–H and O–H groups in total. The van der Waals surface area contributed by atoms with E-state index in [-0.39, 0.29) is 5.91 Å². The highest BCUT2D eigenvalue weighted by molar-refractivity contribution is 5.94. The molecular weight excluding hydrogens is 354 g/mol. The Balaban J connectivity index is 1.42. The van der Waals surface area contributed by atoms with Crippen LogP contribution in [0.3, 0.4) is 0 Å². The average Bonchev–Trinajstić information content (AvgIpc) is 3.41. The summed E-state index contributed by atoms with van der Waals surface area (Å²) in [7, 11) is 0. The van der Waals surface area contributed by atoms with Gasteiger partial charge in [0.1, 0.15) is 5.75 Å². The van der Waals surface area contributed by atoms with Crippen LogP contribution >= 0.6 is 0 Å². The zero-order chi connectivity index (χ0) is 19.3. The number of carbonyl (C=O) groups is 1. The van der Waals surface area contributed by atoms with Crippen LogP contribution in [0.4, 0.5) is 5.69 Å². The van der Waals surface area contributed by atoms with Gasteiger partial charge in [-0.3, -0.25) is 4.79 Å². The fourth-order valence-electron chi connectivity index (χ4n) is 3.43. The van der Waals surface area contributed by atoms with Crippen molar-refractivity contribution in [3.05, 3.63) is 60.5 Å². The maximum Gasteiger partial charge on any atom is 0.265 e. The molecule has 1 heterocycles. The van der Waals surface area contributed by atoms with Crippen LogP contribution in [0.25, 0.3) is 11.4 Å². The number of amides is 1. The number of nitrogens with one attached hydrogen (secondary N) is 1. The normalized spacial score (nSPS) is 15.3. The van der Waals surface area contributed by atoms with Gasteiger partial charge in [-0.1, -0.05) is 48.3 Å². The molecular formula is C22H23N3O3. The van der Waals surface area contributed by atoms with Gasteiger partial charge in [-0.05, 0) is 44.0 Å². The molecule has 1 amide bonds. The highest BCUT2D eigenvalue weighted by Crippen LogP contribution is 2.34. The third-order valence-corrected chi connectivity index (χ3v) is 4.96. The van der Waals surface area contributed by atoms with E-state index in [1.807, 2.05) is 54.6 Å². The van der Waals surface area contributed by atoms with Gasteiger partial charge in [-0.25, -0.2) is 0 Å². The van der Waals surface area contributed by atoms with E-state index < -0.39 is 6.10 Å².